The number of aromatic nitrogens is 2. The number of imidazole rings is 1. The summed E-state index contributed by atoms with van der Waals surface area (Å²) in [7, 11) is 0. The molecule has 3 rings (SSSR count). The summed E-state index contributed by atoms with van der Waals surface area (Å²) >= 11 is 3.27. The Balaban J connectivity index is 2.15. The van der Waals surface area contributed by atoms with E-state index < -0.39 is 11.7 Å². The van der Waals surface area contributed by atoms with Crippen LogP contribution in [0.3, 0.4) is 0 Å². The first-order chi connectivity index (χ1) is 9.84. The second-order valence-corrected chi connectivity index (χ2v) is 5.39. The molecule has 1 heterocycles. The Hall–Kier alpha value is -2.02. The van der Waals surface area contributed by atoms with Crippen LogP contribution in [0.2, 0.25) is 0 Å². The molecule has 3 nitrogen and oxygen atoms in total. The molecule has 3 aromatic rings. The van der Waals surface area contributed by atoms with E-state index in [0.717, 1.165) is 16.6 Å². The molecular weight excluding hydrogens is 349 g/mol. The van der Waals surface area contributed by atoms with Crippen LogP contribution < -0.4 is 0 Å². The highest BCUT2D eigenvalue weighted by Crippen LogP contribution is 2.34. The predicted octanol–water partition coefficient (Wildman–Crippen LogP) is 4.72. The van der Waals surface area contributed by atoms with E-state index in [1.807, 2.05) is 0 Å². The van der Waals surface area contributed by atoms with Crippen LogP contribution in [0.5, 0.6) is 5.75 Å². The van der Waals surface area contributed by atoms with E-state index in [1.165, 1.54) is 12.1 Å². The molecule has 1 aromatic heterocycles. The van der Waals surface area contributed by atoms with Crippen LogP contribution in [-0.4, -0.2) is 15.1 Å². The average Bonchev–Trinajstić information content (AvgIpc) is 2.83. The predicted molar refractivity (Wildman–Crippen MR) is 75.9 cm³/mol. The molecule has 0 atom stereocenters. The van der Waals surface area contributed by atoms with Crippen LogP contribution >= 0.6 is 15.9 Å². The summed E-state index contributed by atoms with van der Waals surface area (Å²) in [6.07, 6.45) is -4.41. The van der Waals surface area contributed by atoms with Gasteiger partial charge in [0.2, 0.25) is 0 Å². The van der Waals surface area contributed by atoms with Gasteiger partial charge in [-0.3, -0.25) is 0 Å². The molecule has 0 radical (unpaired) electrons. The van der Waals surface area contributed by atoms with Crippen molar-refractivity contribution in [3.05, 3.63) is 46.4 Å². The van der Waals surface area contributed by atoms with Gasteiger partial charge >= 0.3 is 6.18 Å². The molecule has 2 aromatic carbocycles. The molecule has 0 aliphatic heterocycles. The van der Waals surface area contributed by atoms with Gasteiger partial charge in [0, 0.05) is 4.47 Å². The standard InChI is InChI=1S/C14H8BrF3N2O/c15-8-2-4-12(21)9(6-8)13-19-10-3-1-7(14(16,17)18)5-11(10)20-13/h1-6,21H,(H,19,20). The summed E-state index contributed by atoms with van der Waals surface area (Å²) in [6, 6.07) is 8.05. The van der Waals surface area contributed by atoms with Crippen LogP contribution in [0.1, 0.15) is 5.56 Å². The zero-order valence-corrected chi connectivity index (χ0v) is 12.0. The molecule has 0 amide bonds. The van der Waals surface area contributed by atoms with E-state index in [4.69, 9.17) is 0 Å². The van der Waals surface area contributed by atoms with Crippen molar-refractivity contribution in [1.29, 1.82) is 0 Å². The van der Waals surface area contributed by atoms with E-state index in [0.29, 0.717) is 16.9 Å². The van der Waals surface area contributed by atoms with Crippen LogP contribution in [0.25, 0.3) is 22.4 Å². The number of fused-ring (bicyclic) bond motifs is 1. The minimum Gasteiger partial charge on any atom is -0.507 e. The van der Waals surface area contributed by atoms with Crippen LogP contribution in [0, 0.1) is 0 Å². The van der Waals surface area contributed by atoms with Crippen LogP contribution in [-0.2, 0) is 6.18 Å². The molecule has 0 bridgehead atoms. The number of rotatable bonds is 1. The monoisotopic (exact) mass is 356 g/mol. The second kappa shape index (κ2) is 4.77. The number of aromatic hydroxyl groups is 1. The molecule has 0 fully saturated rings. The lowest BCUT2D eigenvalue weighted by Gasteiger charge is -2.05. The highest BCUT2D eigenvalue weighted by molar-refractivity contribution is 9.10. The van der Waals surface area contributed by atoms with Gasteiger partial charge < -0.3 is 10.1 Å². The summed E-state index contributed by atoms with van der Waals surface area (Å²) in [6.45, 7) is 0. The lowest BCUT2D eigenvalue weighted by atomic mass is 10.2. The molecule has 0 aliphatic rings. The molecule has 0 saturated carbocycles. The fourth-order valence-corrected chi connectivity index (χ4v) is 2.37. The van der Waals surface area contributed by atoms with Gasteiger partial charge in [-0.25, -0.2) is 4.98 Å². The van der Waals surface area contributed by atoms with Gasteiger partial charge in [0.25, 0.3) is 0 Å². The molecule has 21 heavy (non-hydrogen) atoms. The molecule has 7 heteroatoms. The number of nitrogens with one attached hydrogen (secondary N) is 1. The van der Waals surface area contributed by atoms with Gasteiger partial charge in [-0.1, -0.05) is 15.9 Å². The number of halogens is 4. The minimum atomic E-state index is -4.41. The molecule has 0 unspecified atom stereocenters. The van der Waals surface area contributed by atoms with Gasteiger partial charge in [-0.2, -0.15) is 13.2 Å². The van der Waals surface area contributed by atoms with Gasteiger partial charge in [0.1, 0.15) is 11.6 Å². The average molecular weight is 357 g/mol. The van der Waals surface area contributed by atoms with Crippen molar-refractivity contribution in [2.75, 3.05) is 0 Å². The zero-order chi connectivity index (χ0) is 15.2. The molecule has 0 spiro atoms. The Morgan fingerprint density at radius 1 is 1.10 bits per heavy atom. The highest BCUT2D eigenvalue weighted by atomic mass is 79.9. The topological polar surface area (TPSA) is 48.9 Å². The van der Waals surface area contributed by atoms with Gasteiger partial charge in [0.15, 0.2) is 0 Å². The van der Waals surface area contributed by atoms with E-state index in [-0.39, 0.29) is 11.3 Å². The number of phenols is 1. The Morgan fingerprint density at radius 2 is 1.86 bits per heavy atom. The largest absolute Gasteiger partial charge is 0.507 e. The Kier molecular flexibility index (Phi) is 3.16. The first-order valence-corrected chi connectivity index (χ1v) is 6.70. The van der Waals surface area contributed by atoms with Crippen molar-refractivity contribution in [3.8, 4) is 17.1 Å². The number of aromatic amines is 1. The normalized spacial score (nSPS) is 12.0. The van der Waals surface area contributed by atoms with E-state index in [2.05, 4.69) is 25.9 Å². The minimum absolute atomic E-state index is 0.00620. The molecule has 0 aliphatic carbocycles. The fourth-order valence-electron chi connectivity index (χ4n) is 2.01. The van der Waals surface area contributed by atoms with Gasteiger partial charge in [0.05, 0.1) is 22.2 Å². The quantitative estimate of drug-likeness (QED) is 0.662. The highest BCUT2D eigenvalue weighted by Gasteiger charge is 2.30. The molecular formula is C14H8BrF3N2O. The van der Waals surface area contributed by atoms with Crippen molar-refractivity contribution in [2.24, 2.45) is 0 Å². The third-order valence-corrected chi connectivity index (χ3v) is 3.52. The Morgan fingerprint density at radius 3 is 2.57 bits per heavy atom. The summed E-state index contributed by atoms with van der Waals surface area (Å²) in [5, 5.41) is 9.84. The SMILES string of the molecule is Oc1ccc(Br)cc1-c1nc2ccc(C(F)(F)F)cc2[nH]1. The lowest BCUT2D eigenvalue weighted by Crippen LogP contribution is -2.04. The number of nitrogens with zero attached hydrogens (tertiary/aromatic N) is 1. The first kappa shape index (κ1) is 13.9. The van der Waals surface area contributed by atoms with E-state index in [1.54, 1.807) is 12.1 Å². The first-order valence-electron chi connectivity index (χ1n) is 5.90. The molecule has 0 saturated heterocycles. The number of benzene rings is 2. The maximum Gasteiger partial charge on any atom is 0.416 e. The van der Waals surface area contributed by atoms with E-state index >= 15 is 0 Å². The molecule has 2 N–H and O–H groups in total. The van der Waals surface area contributed by atoms with E-state index in [9.17, 15) is 18.3 Å². The number of hydrogen-bond acceptors (Lipinski definition) is 2. The Labute approximate surface area is 125 Å². The smallest absolute Gasteiger partial charge is 0.416 e. The summed E-state index contributed by atoms with van der Waals surface area (Å²) in [4.78, 5) is 7.00. The zero-order valence-electron chi connectivity index (χ0n) is 10.4. The van der Waals surface area contributed by atoms with Crippen molar-refractivity contribution >= 4 is 27.0 Å². The number of hydrogen-bond donors (Lipinski definition) is 2. The summed E-state index contributed by atoms with van der Waals surface area (Å²) < 4.78 is 38.8. The summed E-state index contributed by atoms with van der Waals surface area (Å²) in [5.41, 5.74) is 0.328. The Bertz CT molecular complexity index is 827. The maximum absolute atomic E-state index is 12.7. The summed E-state index contributed by atoms with van der Waals surface area (Å²) in [5.74, 6) is 0.302. The number of phenolic OH excluding ortho intramolecular Hbond substituents is 1. The maximum atomic E-state index is 12.7. The van der Waals surface area contributed by atoms with Gasteiger partial charge in [-0.15, -0.1) is 0 Å². The van der Waals surface area contributed by atoms with Gasteiger partial charge in [-0.05, 0) is 36.4 Å². The van der Waals surface area contributed by atoms with Crippen molar-refractivity contribution in [2.45, 2.75) is 6.18 Å². The number of H-pyrrole nitrogens is 1. The third-order valence-electron chi connectivity index (χ3n) is 3.02. The van der Waals surface area contributed by atoms with Crippen molar-refractivity contribution in [3.63, 3.8) is 0 Å². The lowest BCUT2D eigenvalue weighted by molar-refractivity contribution is -0.137. The second-order valence-electron chi connectivity index (χ2n) is 4.48. The van der Waals surface area contributed by atoms with Crippen molar-refractivity contribution < 1.29 is 18.3 Å². The fraction of sp³-hybridized carbons (Fsp3) is 0.0714. The van der Waals surface area contributed by atoms with Crippen LogP contribution in [0.15, 0.2) is 40.9 Å². The number of alkyl halides is 3. The molecule has 108 valence electrons. The third kappa shape index (κ3) is 2.61. The van der Waals surface area contributed by atoms with Crippen LogP contribution in [0.4, 0.5) is 13.2 Å². The van der Waals surface area contributed by atoms with Crippen molar-refractivity contribution in [1.82, 2.24) is 9.97 Å².